The Hall–Kier alpha value is -3.52. The van der Waals surface area contributed by atoms with Crippen LogP contribution in [-0.2, 0) is 11.3 Å². The summed E-state index contributed by atoms with van der Waals surface area (Å²) in [6, 6.07) is 5.12. The lowest BCUT2D eigenvalue weighted by molar-refractivity contribution is -0.141. The monoisotopic (exact) mass is 549 g/mol. The van der Waals surface area contributed by atoms with Crippen LogP contribution in [0.2, 0.25) is 0 Å². The average Bonchev–Trinajstić information content (AvgIpc) is 3.42. The summed E-state index contributed by atoms with van der Waals surface area (Å²) in [5.74, 6) is 0.835. The van der Waals surface area contributed by atoms with E-state index in [9.17, 15) is 17.6 Å². The van der Waals surface area contributed by atoms with Crippen molar-refractivity contribution in [1.29, 1.82) is 0 Å². The SMILES string of the molecule is CC1(N2CCC[C@@H](F)C2)COC1.CNc1nc(N)nn2ccc(-c3ccc4nc(C)n(CC(F)(F)F)c4n3)c12. The molecule has 0 bridgehead atoms. The molecule has 2 saturated heterocycles. The molecule has 0 radical (unpaired) electrons. The second kappa shape index (κ2) is 10.2. The van der Waals surface area contributed by atoms with E-state index in [2.05, 4.69) is 37.2 Å². The number of hydrogen-bond acceptors (Lipinski definition) is 8. The Morgan fingerprint density at radius 3 is 2.59 bits per heavy atom. The molecule has 2 aliphatic rings. The number of aryl methyl sites for hydroxylation is 1. The highest BCUT2D eigenvalue weighted by atomic mass is 19.4. The number of fused-ring (bicyclic) bond motifs is 2. The molecule has 10 nitrogen and oxygen atoms in total. The van der Waals surface area contributed by atoms with Gasteiger partial charge in [0, 0.05) is 25.4 Å². The molecule has 14 heteroatoms. The zero-order valence-corrected chi connectivity index (χ0v) is 22.0. The van der Waals surface area contributed by atoms with Crippen molar-refractivity contribution in [3.63, 3.8) is 0 Å². The lowest BCUT2D eigenvalue weighted by Crippen LogP contribution is -2.62. The summed E-state index contributed by atoms with van der Waals surface area (Å²) in [7, 11) is 1.69. The number of likely N-dealkylation sites (tertiary alicyclic amines) is 1. The summed E-state index contributed by atoms with van der Waals surface area (Å²) < 4.78 is 59.6. The van der Waals surface area contributed by atoms with Crippen molar-refractivity contribution >= 4 is 28.4 Å². The molecule has 6 heterocycles. The Balaban J connectivity index is 0.000000214. The van der Waals surface area contributed by atoms with Crippen molar-refractivity contribution in [2.45, 2.75) is 51.1 Å². The Kier molecular flexibility index (Phi) is 7.10. The third kappa shape index (κ3) is 5.48. The number of rotatable bonds is 4. The largest absolute Gasteiger partial charge is 0.406 e. The van der Waals surface area contributed by atoms with Crippen molar-refractivity contribution in [1.82, 2.24) is 34.0 Å². The van der Waals surface area contributed by atoms with E-state index in [1.165, 1.54) is 6.92 Å². The number of nitrogen functional groups attached to an aromatic ring is 1. The molecule has 210 valence electrons. The number of piperidine rings is 1. The van der Waals surface area contributed by atoms with Crippen LogP contribution in [0.15, 0.2) is 24.4 Å². The summed E-state index contributed by atoms with van der Waals surface area (Å²) >= 11 is 0. The number of nitrogens with one attached hydrogen (secondary N) is 1. The van der Waals surface area contributed by atoms with Gasteiger partial charge in [-0.25, -0.2) is 18.9 Å². The maximum atomic E-state index is 13.0. The number of alkyl halides is 4. The van der Waals surface area contributed by atoms with Gasteiger partial charge in [0.15, 0.2) is 11.5 Å². The van der Waals surface area contributed by atoms with E-state index in [-0.39, 0.29) is 23.0 Å². The highest BCUT2D eigenvalue weighted by Gasteiger charge is 2.41. The molecule has 0 aromatic carbocycles. The number of hydrogen-bond donors (Lipinski definition) is 2. The fourth-order valence-corrected chi connectivity index (χ4v) is 5.05. The molecule has 0 saturated carbocycles. The topological polar surface area (TPSA) is 111 Å². The number of halogens is 4. The van der Waals surface area contributed by atoms with Crippen LogP contribution in [0.25, 0.3) is 27.9 Å². The van der Waals surface area contributed by atoms with Gasteiger partial charge in [-0.3, -0.25) is 4.90 Å². The van der Waals surface area contributed by atoms with Gasteiger partial charge in [-0.2, -0.15) is 18.2 Å². The first-order valence-corrected chi connectivity index (χ1v) is 12.7. The molecule has 6 rings (SSSR count). The predicted octanol–water partition coefficient (Wildman–Crippen LogP) is 3.84. The lowest BCUT2D eigenvalue weighted by atomic mass is 9.94. The van der Waals surface area contributed by atoms with Gasteiger partial charge in [0.25, 0.3) is 0 Å². The first kappa shape index (κ1) is 27.1. The average molecular weight is 550 g/mol. The van der Waals surface area contributed by atoms with Crippen LogP contribution in [0.3, 0.4) is 0 Å². The van der Waals surface area contributed by atoms with Crippen LogP contribution in [-0.4, -0.2) is 85.3 Å². The summed E-state index contributed by atoms with van der Waals surface area (Å²) in [6.07, 6.45) is -1.56. The molecule has 2 fully saturated rings. The molecule has 4 aromatic heterocycles. The minimum atomic E-state index is -4.37. The zero-order valence-electron chi connectivity index (χ0n) is 22.0. The van der Waals surface area contributed by atoms with E-state index in [4.69, 9.17) is 10.5 Å². The normalized spacial score (nSPS) is 19.5. The van der Waals surface area contributed by atoms with E-state index in [1.54, 1.807) is 36.0 Å². The van der Waals surface area contributed by atoms with Crippen molar-refractivity contribution in [3.05, 3.63) is 30.2 Å². The van der Waals surface area contributed by atoms with Crippen LogP contribution in [0.4, 0.5) is 29.3 Å². The van der Waals surface area contributed by atoms with Gasteiger partial charge in [0.1, 0.15) is 29.6 Å². The number of anilines is 2. The van der Waals surface area contributed by atoms with Crippen LogP contribution in [0, 0.1) is 6.92 Å². The third-order valence-corrected chi connectivity index (χ3v) is 7.11. The van der Waals surface area contributed by atoms with Crippen molar-refractivity contribution in [3.8, 4) is 11.3 Å². The molecule has 0 amide bonds. The van der Waals surface area contributed by atoms with E-state index >= 15 is 0 Å². The van der Waals surface area contributed by atoms with Crippen molar-refractivity contribution < 1.29 is 22.3 Å². The number of pyridine rings is 1. The minimum Gasteiger partial charge on any atom is -0.377 e. The van der Waals surface area contributed by atoms with Crippen LogP contribution in [0.5, 0.6) is 0 Å². The Morgan fingerprint density at radius 2 is 1.95 bits per heavy atom. The summed E-state index contributed by atoms with van der Waals surface area (Å²) in [6.45, 7) is 5.74. The Labute approximate surface area is 222 Å². The van der Waals surface area contributed by atoms with E-state index < -0.39 is 18.9 Å². The fourth-order valence-electron chi connectivity index (χ4n) is 5.05. The molecule has 1 atom stereocenters. The van der Waals surface area contributed by atoms with Crippen LogP contribution in [0.1, 0.15) is 25.6 Å². The van der Waals surface area contributed by atoms with Gasteiger partial charge >= 0.3 is 6.18 Å². The van der Waals surface area contributed by atoms with Gasteiger partial charge in [0.2, 0.25) is 5.95 Å². The van der Waals surface area contributed by atoms with Crippen molar-refractivity contribution in [2.75, 3.05) is 44.4 Å². The van der Waals surface area contributed by atoms with E-state index in [1.807, 2.05) is 0 Å². The van der Waals surface area contributed by atoms with Crippen LogP contribution < -0.4 is 11.1 Å². The number of ether oxygens (including phenoxy) is 1. The molecule has 39 heavy (non-hydrogen) atoms. The lowest BCUT2D eigenvalue weighted by Gasteiger charge is -2.49. The molecular weight excluding hydrogens is 518 g/mol. The molecular formula is C25H31F4N9O. The van der Waals surface area contributed by atoms with Crippen LogP contribution >= 0.6 is 0 Å². The summed E-state index contributed by atoms with van der Waals surface area (Å²) in [5, 5.41) is 7.06. The number of aromatic nitrogens is 6. The highest BCUT2D eigenvalue weighted by molar-refractivity contribution is 5.89. The van der Waals surface area contributed by atoms with E-state index in [0.717, 1.165) is 37.2 Å². The quantitative estimate of drug-likeness (QED) is 0.370. The predicted molar refractivity (Wildman–Crippen MR) is 139 cm³/mol. The molecule has 4 aromatic rings. The second-order valence-electron chi connectivity index (χ2n) is 10.2. The fraction of sp³-hybridized carbons (Fsp3) is 0.520. The number of nitrogens with zero attached hydrogens (tertiary/aromatic N) is 7. The summed E-state index contributed by atoms with van der Waals surface area (Å²) in [5.41, 5.74) is 8.17. The number of imidazole rings is 1. The Morgan fingerprint density at radius 1 is 1.18 bits per heavy atom. The minimum absolute atomic E-state index is 0.0938. The first-order chi connectivity index (χ1) is 18.5. The molecule has 3 N–H and O–H groups in total. The number of nitrogens with two attached hydrogens (primary N) is 1. The van der Waals surface area contributed by atoms with E-state index in [0.29, 0.717) is 34.7 Å². The molecule has 2 aliphatic heterocycles. The first-order valence-electron chi connectivity index (χ1n) is 12.7. The van der Waals surface area contributed by atoms with Gasteiger partial charge in [0.05, 0.1) is 24.4 Å². The van der Waals surface area contributed by atoms with Gasteiger partial charge in [-0.1, -0.05) is 0 Å². The molecule has 0 unspecified atom stereocenters. The standard InChI is InChI=1S/C16H15F3N8.C9H16FNO/c1-8-22-11-4-3-10(23-14(11)26(8)7-16(17,18)19)9-5-6-27-12(9)13(21-2)24-15(20)25-27;1-9(6-12-7-9)11-4-2-3-8(10)5-11/h3-6H,7H2,1-2H3,(H3,20,21,24,25);8H,2-7H2,1H3/t;8-/m.1/s1. The maximum absolute atomic E-state index is 13.0. The maximum Gasteiger partial charge on any atom is 0.406 e. The summed E-state index contributed by atoms with van der Waals surface area (Å²) in [4.78, 5) is 15.0. The van der Waals surface area contributed by atoms with Crippen molar-refractivity contribution in [2.24, 2.45) is 0 Å². The smallest absolute Gasteiger partial charge is 0.377 e. The molecule has 0 spiro atoms. The Bertz CT molecular complexity index is 1480. The third-order valence-electron chi connectivity index (χ3n) is 7.11. The highest BCUT2D eigenvalue weighted by Crippen LogP contribution is 2.31. The van der Waals surface area contributed by atoms with Gasteiger partial charge in [-0.15, -0.1) is 5.10 Å². The molecule has 0 aliphatic carbocycles. The van der Waals surface area contributed by atoms with Gasteiger partial charge < -0.3 is 20.4 Å². The van der Waals surface area contributed by atoms with Gasteiger partial charge in [-0.05, 0) is 51.4 Å². The second-order valence-corrected chi connectivity index (χ2v) is 10.2. The zero-order chi connectivity index (χ0) is 27.9.